The predicted octanol–water partition coefficient (Wildman–Crippen LogP) is 2.13. The number of ether oxygens (including phenoxy) is 1. The second-order valence-electron chi connectivity index (χ2n) is 7.53. The van der Waals surface area contributed by atoms with Gasteiger partial charge in [0.05, 0.1) is 5.69 Å². The summed E-state index contributed by atoms with van der Waals surface area (Å²) < 4.78 is 11.4. The van der Waals surface area contributed by atoms with E-state index in [9.17, 15) is 0 Å². The number of aromatic nitrogens is 8. The lowest BCUT2D eigenvalue weighted by atomic mass is 9.88. The Balaban J connectivity index is 1.80. The lowest BCUT2D eigenvalue weighted by Gasteiger charge is -2.21. The maximum atomic E-state index is 6.01. The molecule has 0 fully saturated rings. The minimum absolute atomic E-state index is 0.168. The first-order chi connectivity index (χ1) is 12.8. The molecule has 0 aliphatic carbocycles. The molecular formula is C18H22N8O. The third-order valence-electron chi connectivity index (χ3n) is 4.33. The van der Waals surface area contributed by atoms with Crippen molar-refractivity contribution in [3.8, 4) is 17.4 Å². The molecule has 0 atom stereocenters. The van der Waals surface area contributed by atoms with Gasteiger partial charge < -0.3 is 9.30 Å². The van der Waals surface area contributed by atoms with Crippen molar-refractivity contribution in [3.05, 3.63) is 42.1 Å². The summed E-state index contributed by atoms with van der Waals surface area (Å²) in [6, 6.07) is 5.92. The first kappa shape index (κ1) is 17.2. The van der Waals surface area contributed by atoms with Crippen LogP contribution in [0.25, 0.3) is 17.2 Å². The van der Waals surface area contributed by atoms with Gasteiger partial charge >= 0.3 is 0 Å². The van der Waals surface area contributed by atoms with Crippen molar-refractivity contribution in [1.82, 2.24) is 39.1 Å². The first-order valence-corrected chi connectivity index (χ1v) is 8.69. The lowest BCUT2D eigenvalue weighted by Crippen LogP contribution is -2.16. The van der Waals surface area contributed by atoms with E-state index in [2.05, 4.69) is 41.1 Å². The minimum atomic E-state index is -0.168. The highest BCUT2D eigenvalue weighted by molar-refractivity contribution is 5.57. The zero-order chi connectivity index (χ0) is 19.2. The van der Waals surface area contributed by atoms with E-state index in [0.29, 0.717) is 23.2 Å². The van der Waals surface area contributed by atoms with E-state index in [1.165, 1.54) is 0 Å². The summed E-state index contributed by atoms with van der Waals surface area (Å²) >= 11 is 0. The van der Waals surface area contributed by atoms with Crippen LogP contribution in [0.15, 0.2) is 30.7 Å². The molecule has 140 valence electrons. The van der Waals surface area contributed by atoms with E-state index < -0.39 is 0 Å². The van der Waals surface area contributed by atoms with E-state index in [1.807, 2.05) is 43.1 Å². The molecule has 0 aliphatic rings. The van der Waals surface area contributed by atoms with Gasteiger partial charge in [-0.3, -0.25) is 4.68 Å². The van der Waals surface area contributed by atoms with Gasteiger partial charge in [-0.15, -0.1) is 15.3 Å². The van der Waals surface area contributed by atoms with E-state index in [4.69, 9.17) is 9.84 Å². The molecule has 0 saturated carbocycles. The van der Waals surface area contributed by atoms with Gasteiger partial charge in [-0.25, -0.2) is 4.98 Å². The molecule has 4 rings (SSSR count). The number of aryl methyl sites for hydroxylation is 2. The summed E-state index contributed by atoms with van der Waals surface area (Å²) in [6.45, 7) is 6.58. The molecule has 0 spiro atoms. The standard InChI is InChI=1S/C18H22N8O/c1-18(2,3)12-9-15-20-21-16(13-7-6-8-24(13)4)26(15)23-17(12)27-10-14-19-11-25(5)22-14/h6-9,11H,10H2,1-5H3. The maximum Gasteiger partial charge on any atom is 0.236 e. The first-order valence-electron chi connectivity index (χ1n) is 8.69. The molecule has 0 aromatic carbocycles. The molecule has 0 amide bonds. The number of hydrogen-bond acceptors (Lipinski definition) is 6. The van der Waals surface area contributed by atoms with Gasteiger partial charge in [-0.2, -0.15) is 9.61 Å². The summed E-state index contributed by atoms with van der Waals surface area (Å²) in [5, 5.41) is 17.6. The molecule has 4 heterocycles. The number of hydrogen-bond donors (Lipinski definition) is 0. The van der Waals surface area contributed by atoms with E-state index >= 15 is 0 Å². The van der Waals surface area contributed by atoms with Crippen LogP contribution >= 0.6 is 0 Å². The van der Waals surface area contributed by atoms with Gasteiger partial charge in [-0.05, 0) is 23.6 Å². The summed E-state index contributed by atoms with van der Waals surface area (Å²) in [6.07, 6.45) is 3.61. The molecule has 4 aromatic heterocycles. The van der Waals surface area contributed by atoms with E-state index in [0.717, 1.165) is 11.3 Å². The van der Waals surface area contributed by atoms with Crippen LogP contribution in [0.2, 0.25) is 0 Å². The Bertz CT molecular complexity index is 1100. The smallest absolute Gasteiger partial charge is 0.236 e. The fraction of sp³-hybridized carbons (Fsp3) is 0.389. The Kier molecular flexibility index (Phi) is 3.94. The highest BCUT2D eigenvalue weighted by Crippen LogP contribution is 2.31. The van der Waals surface area contributed by atoms with Gasteiger partial charge in [0.2, 0.25) is 11.7 Å². The summed E-state index contributed by atoms with van der Waals surface area (Å²) in [5.74, 6) is 1.79. The van der Waals surface area contributed by atoms with Crippen LogP contribution in [-0.2, 0) is 26.1 Å². The molecule has 27 heavy (non-hydrogen) atoms. The molecule has 0 saturated heterocycles. The third kappa shape index (κ3) is 3.16. The van der Waals surface area contributed by atoms with Crippen molar-refractivity contribution in [3.63, 3.8) is 0 Å². The van der Waals surface area contributed by atoms with Crippen LogP contribution in [0.4, 0.5) is 0 Å². The van der Waals surface area contributed by atoms with E-state index in [1.54, 1.807) is 15.5 Å². The minimum Gasteiger partial charge on any atom is -0.468 e. The molecule has 4 aromatic rings. The second kappa shape index (κ2) is 6.19. The van der Waals surface area contributed by atoms with Crippen LogP contribution in [0.3, 0.4) is 0 Å². The summed E-state index contributed by atoms with van der Waals surface area (Å²) in [4.78, 5) is 4.21. The van der Waals surface area contributed by atoms with Crippen LogP contribution < -0.4 is 4.74 Å². The van der Waals surface area contributed by atoms with Gasteiger partial charge in [0.15, 0.2) is 18.1 Å². The summed E-state index contributed by atoms with van der Waals surface area (Å²) in [5.41, 5.74) is 2.39. The Morgan fingerprint density at radius 2 is 1.93 bits per heavy atom. The maximum absolute atomic E-state index is 6.01. The molecule has 9 nitrogen and oxygen atoms in total. The van der Waals surface area contributed by atoms with Crippen molar-refractivity contribution in [1.29, 1.82) is 0 Å². The highest BCUT2D eigenvalue weighted by atomic mass is 16.5. The number of nitrogens with zero attached hydrogens (tertiary/aromatic N) is 8. The topological polar surface area (TPSA) is 88.0 Å². The normalized spacial score (nSPS) is 12.0. The van der Waals surface area contributed by atoms with Gasteiger partial charge in [0.25, 0.3) is 0 Å². The lowest BCUT2D eigenvalue weighted by molar-refractivity contribution is 0.271. The Labute approximate surface area is 156 Å². The van der Waals surface area contributed by atoms with Crippen molar-refractivity contribution < 1.29 is 4.74 Å². The summed E-state index contributed by atoms with van der Waals surface area (Å²) in [7, 11) is 3.79. The van der Waals surface area contributed by atoms with Crippen molar-refractivity contribution >= 4 is 5.65 Å². The zero-order valence-corrected chi connectivity index (χ0v) is 16.1. The highest BCUT2D eigenvalue weighted by Gasteiger charge is 2.24. The molecular weight excluding hydrogens is 344 g/mol. The number of rotatable bonds is 4. The average Bonchev–Trinajstić information content (AvgIpc) is 3.31. The fourth-order valence-electron chi connectivity index (χ4n) is 2.90. The van der Waals surface area contributed by atoms with Crippen LogP contribution in [0, 0.1) is 0 Å². The molecule has 0 aliphatic heterocycles. The SMILES string of the molecule is Cn1cnc(COc2nn3c(-c4cccn4C)nnc3cc2C(C)(C)C)n1. The van der Waals surface area contributed by atoms with Gasteiger partial charge in [0, 0.05) is 25.9 Å². The second-order valence-corrected chi connectivity index (χ2v) is 7.53. The number of fused-ring (bicyclic) bond motifs is 1. The molecule has 0 unspecified atom stereocenters. The third-order valence-corrected chi connectivity index (χ3v) is 4.33. The van der Waals surface area contributed by atoms with E-state index in [-0.39, 0.29) is 12.0 Å². The van der Waals surface area contributed by atoms with Gasteiger partial charge in [-0.1, -0.05) is 20.8 Å². The zero-order valence-electron chi connectivity index (χ0n) is 16.1. The van der Waals surface area contributed by atoms with Crippen molar-refractivity contribution in [2.24, 2.45) is 14.1 Å². The van der Waals surface area contributed by atoms with Crippen molar-refractivity contribution in [2.45, 2.75) is 32.8 Å². The molecule has 0 N–H and O–H groups in total. The monoisotopic (exact) mass is 366 g/mol. The Hall–Kier alpha value is -3.23. The molecule has 0 radical (unpaired) electrons. The molecule has 0 bridgehead atoms. The van der Waals surface area contributed by atoms with Crippen LogP contribution in [0.5, 0.6) is 5.88 Å². The average molecular weight is 366 g/mol. The predicted molar refractivity (Wildman–Crippen MR) is 99.2 cm³/mol. The van der Waals surface area contributed by atoms with Crippen molar-refractivity contribution in [2.75, 3.05) is 0 Å². The van der Waals surface area contributed by atoms with Crippen LogP contribution in [0.1, 0.15) is 32.2 Å². The largest absolute Gasteiger partial charge is 0.468 e. The molecule has 9 heteroatoms. The quantitative estimate of drug-likeness (QED) is 0.550. The van der Waals surface area contributed by atoms with Crippen LogP contribution in [-0.4, -0.2) is 39.1 Å². The Morgan fingerprint density at radius 3 is 2.56 bits per heavy atom. The van der Waals surface area contributed by atoms with Gasteiger partial charge in [0.1, 0.15) is 6.33 Å². The fourth-order valence-corrected chi connectivity index (χ4v) is 2.90. The Morgan fingerprint density at radius 1 is 1.11 bits per heavy atom.